The maximum atomic E-state index is 12.2. The number of fused-ring (bicyclic) bond motifs is 8. The fourth-order valence-electron chi connectivity index (χ4n) is 6.47. The van der Waals surface area contributed by atoms with Crippen molar-refractivity contribution in [3.8, 4) is 34.5 Å². The summed E-state index contributed by atoms with van der Waals surface area (Å²) in [5.41, 5.74) is 4.55. The number of phenolic OH excluding ortho intramolecular Hbond substituents is 1. The molecule has 0 radical (unpaired) electrons. The third kappa shape index (κ3) is 3.40. The van der Waals surface area contributed by atoms with Crippen molar-refractivity contribution in [1.82, 2.24) is 0 Å². The molecule has 3 aliphatic rings. The largest absolute Gasteiger partial charge is 0.507 e. The molecule has 0 aliphatic carbocycles. The van der Waals surface area contributed by atoms with Crippen LogP contribution in [0.5, 0.6) is 34.5 Å². The normalized spacial score (nSPS) is 23.9. The van der Waals surface area contributed by atoms with Gasteiger partial charge in [0, 0.05) is 39.9 Å². The number of aliphatic hydroxyl groups is 1. The van der Waals surface area contributed by atoms with Crippen LogP contribution in [0, 0.1) is 6.92 Å². The molecule has 7 rings (SSSR count). The van der Waals surface area contributed by atoms with Gasteiger partial charge in [-0.15, -0.1) is 0 Å². The fourth-order valence-corrected chi connectivity index (χ4v) is 6.47. The molecule has 0 fully saturated rings. The minimum atomic E-state index is -1.58. The number of benzene rings is 4. The second-order valence-corrected chi connectivity index (χ2v) is 10.5. The van der Waals surface area contributed by atoms with Crippen molar-refractivity contribution in [3.05, 3.63) is 106 Å². The van der Waals surface area contributed by atoms with E-state index < -0.39 is 17.8 Å². The van der Waals surface area contributed by atoms with E-state index in [0.29, 0.717) is 51.0 Å². The number of methoxy groups -OCH3 is 2. The van der Waals surface area contributed by atoms with Crippen LogP contribution in [0.1, 0.15) is 51.8 Å². The molecule has 204 valence electrons. The zero-order chi connectivity index (χ0) is 27.6. The zero-order valence-corrected chi connectivity index (χ0v) is 22.5. The lowest BCUT2D eigenvalue weighted by Gasteiger charge is -2.50. The van der Waals surface area contributed by atoms with Gasteiger partial charge in [0.25, 0.3) is 0 Å². The molecule has 2 bridgehead atoms. The molecule has 0 spiro atoms. The Labute approximate surface area is 232 Å². The molecule has 0 saturated heterocycles. The molecule has 0 aromatic heterocycles. The number of phenols is 1. The Hall–Kier alpha value is -4.36. The van der Waals surface area contributed by atoms with Gasteiger partial charge in [-0.05, 0) is 25.3 Å². The molecule has 40 heavy (non-hydrogen) atoms. The molecule has 4 atom stereocenters. The number of aliphatic hydroxyl groups excluding tert-OH is 1. The van der Waals surface area contributed by atoms with E-state index in [1.807, 2.05) is 54.6 Å². The number of ether oxygens (including phenoxy) is 5. The first kappa shape index (κ1) is 24.7. The molecular formula is C33H30O7. The van der Waals surface area contributed by atoms with E-state index in [1.54, 1.807) is 27.2 Å². The van der Waals surface area contributed by atoms with Crippen LogP contribution in [0.15, 0.2) is 72.8 Å². The number of hydrogen-bond donors (Lipinski definition) is 2. The van der Waals surface area contributed by atoms with Gasteiger partial charge in [-0.2, -0.15) is 0 Å². The second kappa shape index (κ2) is 9.10. The molecule has 3 aliphatic heterocycles. The summed E-state index contributed by atoms with van der Waals surface area (Å²) in [6, 6.07) is 22.9. The first-order chi connectivity index (χ1) is 19.5. The van der Waals surface area contributed by atoms with Crippen molar-refractivity contribution in [3.63, 3.8) is 0 Å². The third-order valence-corrected chi connectivity index (χ3v) is 8.38. The number of hydrogen-bond acceptors (Lipinski definition) is 7. The van der Waals surface area contributed by atoms with Gasteiger partial charge in [-0.3, -0.25) is 0 Å². The highest BCUT2D eigenvalue weighted by atomic mass is 16.7. The number of aromatic hydroxyl groups is 1. The molecular weight excluding hydrogens is 508 g/mol. The molecule has 0 amide bonds. The van der Waals surface area contributed by atoms with E-state index in [1.165, 1.54) is 0 Å². The summed E-state index contributed by atoms with van der Waals surface area (Å²) in [4.78, 5) is 0. The van der Waals surface area contributed by atoms with Gasteiger partial charge in [0.05, 0.1) is 20.1 Å². The van der Waals surface area contributed by atoms with Crippen molar-refractivity contribution in [2.45, 2.75) is 43.7 Å². The average molecular weight is 539 g/mol. The summed E-state index contributed by atoms with van der Waals surface area (Å²) < 4.78 is 31.7. The van der Waals surface area contributed by atoms with Crippen LogP contribution in [0.4, 0.5) is 0 Å². The first-order valence-corrected chi connectivity index (χ1v) is 13.4. The van der Waals surface area contributed by atoms with E-state index in [-0.39, 0.29) is 11.9 Å². The topological polar surface area (TPSA) is 86.6 Å². The Balaban J connectivity index is 1.52. The van der Waals surface area contributed by atoms with Crippen LogP contribution in [0.2, 0.25) is 0 Å². The van der Waals surface area contributed by atoms with Crippen molar-refractivity contribution in [2.24, 2.45) is 0 Å². The van der Waals surface area contributed by atoms with Crippen LogP contribution in [-0.4, -0.2) is 30.5 Å². The predicted octanol–water partition coefficient (Wildman–Crippen LogP) is 5.91. The van der Waals surface area contributed by atoms with Gasteiger partial charge >= 0.3 is 5.79 Å². The molecule has 4 unspecified atom stereocenters. The van der Waals surface area contributed by atoms with Gasteiger partial charge in [0.15, 0.2) is 0 Å². The second-order valence-electron chi connectivity index (χ2n) is 10.5. The molecule has 4 aromatic carbocycles. The SMILES string of the molecule is COc1cc2c(c3c1CCC(c1ccccc1)O3)C1c3c(cc(O)c(C)c3OC)OC(c3ccccc3)(O2)C1O. The maximum Gasteiger partial charge on any atom is 0.305 e. The average Bonchev–Trinajstić information content (AvgIpc) is 2.99. The smallest absolute Gasteiger partial charge is 0.305 e. The van der Waals surface area contributed by atoms with Crippen molar-refractivity contribution in [1.29, 1.82) is 0 Å². The van der Waals surface area contributed by atoms with Gasteiger partial charge in [0.1, 0.15) is 46.7 Å². The molecule has 7 heteroatoms. The Bertz CT molecular complexity index is 1600. The molecule has 0 saturated carbocycles. The van der Waals surface area contributed by atoms with E-state index >= 15 is 0 Å². The van der Waals surface area contributed by atoms with Crippen LogP contribution in [-0.2, 0) is 12.2 Å². The Morgan fingerprint density at radius 2 is 1.55 bits per heavy atom. The lowest BCUT2D eigenvalue weighted by Crippen LogP contribution is -2.57. The number of rotatable bonds is 4. The Morgan fingerprint density at radius 1 is 0.875 bits per heavy atom. The Morgan fingerprint density at radius 3 is 2.23 bits per heavy atom. The van der Waals surface area contributed by atoms with Crippen LogP contribution >= 0.6 is 0 Å². The van der Waals surface area contributed by atoms with Crippen LogP contribution in [0.25, 0.3) is 0 Å². The van der Waals surface area contributed by atoms with E-state index in [2.05, 4.69) is 12.1 Å². The molecule has 4 aromatic rings. The summed E-state index contributed by atoms with van der Waals surface area (Å²) >= 11 is 0. The monoisotopic (exact) mass is 538 g/mol. The summed E-state index contributed by atoms with van der Waals surface area (Å²) in [6.45, 7) is 1.78. The van der Waals surface area contributed by atoms with Crippen molar-refractivity contribution in [2.75, 3.05) is 14.2 Å². The zero-order valence-electron chi connectivity index (χ0n) is 22.5. The highest BCUT2D eigenvalue weighted by molar-refractivity contribution is 5.69. The summed E-state index contributed by atoms with van der Waals surface area (Å²) in [6.07, 6.45) is 0.175. The third-order valence-electron chi connectivity index (χ3n) is 8.38. The predicted molar refractivity (Wildman–Crippen MR) is 148 cm³/mol. The first-order valence-electron chi connectivity index (χ1n) is 13.4. The van der Waals surface area contributed by atoms with Crippen molar-refractivity contribution < 1.29 is 33.9 Å². The molecule has 7 nitrogen and oxygen atoms in total. The van der Waals surface area contributed by atoms with Gasteiger partial charge in [-0.1, -0.05) is 60.7 Å². The van der Waals surface area contributed by atoms with Gasteiger partial charge in [-0.25, -0.2) is 0 Å². The standard InChI is InChI=1S/C33H30O7/c1-18-22(34)16-25-27(30(18)37-3)29-28-26(40-33(39-25,32(29)35)20-12-8-5-9-13-20)17-24(36-2)21-14-15-23(38-31(21)28)19-10-6-4-7-11-19/h4-13,16-17,23,29,32,34-35H,14-15H2,1-3H3. The minimum Gasteiger partial charge on any atom is -0.507 e. The highest BCUT2D eigenvalue weighted by Crippen LogP contribution is 2.62. The molecule has 3 heterocycles. The summed E-state index contributed by atoms with van der Waals surface area (Å²) in [5, 5.41) is 23.0. The van der Waals surface area contributed by atoms with Gasteiger partial charge < -0.3 is 33.9 Å². The summed E-state index contributed by atoms with van der Waals surface area (Å²) in [7, 11) is 3.19. The van der Waals surface area contributed by atoms with E-state index in [4.69, 9.17) is 23.7 Å². The maximum absolute atomic E-state index is 12.2. The quantitative estimate of drug-likeness (QED) is 0.334. The fraction of sp³-hybridized carbons (Fsp3) is 0.273. The lowest BCUT2D eigenvalue weighted by molar-refractivity contribution is -0.218. The van der Waals surface area contributed by atoms with Crippen LogP contribution < -0.4 is 23.7 Å². The summed E-state index contributed by atoms with van der Waals surface area (Å²) in [5.74, 6) is 0.445. The van der Waals surface area contributed by atoms with Gasteiger partial charge in [0.2, 0.25) is 0 Å². The lowest BCUT2D eigenvalue weighted by atomic mass is 9.74. The molecule has 2 N–H and O–H groups in total. The van der Waals surface area contributed by atoms with E-state index in [0.717, 1.165) is 24.0 Å². The Kier molecular flexibility index (Phi) is 5.61. The minimum absolute atomic E-state index is 0.0330. The van der Waals surface area contributed by atoms with E-state index in [9.17, 15) is 10.2 Å². The highest BCUT2D eigenvalue weighted by Gasteiger charge is 2.60. The van der Waals surface area contributed by atoms with Crippen molar-refractivity contribution >= 4 is 0 Å². The van der Waals surface area contributed by atoms with Crippen LogP contribution in [0.3, 0.4) is 0 Å².